The molecule has 0 spiro atoms. The first kappa shape index (κ1) is 11.4. The van der Waals surface area contributed by atoms with Gasteiger partial charge in [0.05, 0.1) is 0 Å². The first-order chi connectivity index (χ1) is 7.05. The number of hydrogen-bond donors (Lipinski definition) is 1. The van der Waals surface area contributed by atoms with Crippen LogP contribution in [-0.2, 0) is 0 Å². The summed E-state index contributed by atoms with van der Waals surface area (Å²) in [6, 6.07) is 0.780. The van der Waals surface area contributed by atoms with E-state index in [1.807, 2.05) is 0 Å². The minimum atomic E-state index is 0.635. The Balaban J connectivity index is 2.01. The average molecular weight is 209 g/mol. The van der Waals surface area contributed by atoms with Crippen molar-refractivity contribution in [2.45, 2.75) is 58.9 Å². The molecule has 0 aromatic rings. The van der Waals surface area contributed by atoms with Gasteiger partial charge in [-0.1, -0.05) is 20.8 Å². The van der Waals surface area contributed by atoms with Gasteiger partial charge in [-0.2, -0.15) is 0 Å². The molecule has 0 radical (unpaired) electrons. The summed E-state index contributed by atoms with van der Waals surface area (Å²) in [6.07, 6.45) is 7.23. The second-order valence-corrected chi connectivity index (χ2v) is 6.60. The summed E-state index contributed by atoms with van der Waals surface area (Å²) in [5, 5.41) is 3.62. The lowest BCUT2D eigenvalue weighted by molar-refractivity contribution is 0.145. The van der Waals surface area contributed by atoms with Crippen molar-refractivity contribution in [3.8, 4) is 0 Å². The Bertz CT molecular complexity index is 209. The van der Waals surface area contributed by atoms with Gasteiger partial charge in [-0.15, -0.1) is 0 Å². The summed E-state index contributed by atoms with van der Waals surface area (Å²) >= 11 is 0. The highest BCUT2D eigenvalue weighted by atomic mass is 14.9. The summed E-state index contributed by atoms with van der Waals surface area (Å²) in [4.78, 5) is 0. The summed E-state index contributed by atoms with van der Waals surface area (Å²) in [7, 11) is 2.16. The molecule has 2 aliphatic rings. The highest BCUT2D eigenvalue weighted by Gasteiger charge is 2.48. The van der Waals surface area contributed by atoms with Crippen molar-refractivity contribution in [1.82, 2.24) is 5.32 Å². The molecule has 2 aliphatic carbocycles. The smallest absolute Gasteiger partial charge is 0.0146 e. The molecule has 0 amide bonds. The molecular formula is C14H27N. The highest BCUT2D eigenvalue weighted by molar-refractivity contribution is 5.02. The fraction of sp³-hybridized carbons (Fsp3) is 1.00. The molecule has 3 unspecified atom stereocenters. The van der Waals surface area contributed by atoms with Crippen LogP contribution in [0.4, 0.5) is 0 Å². The van der Waals surface area contributed by atoms with Crippen LogP contribution in [0.2, 0.25) is 0 Å². The van der Waals surface area contributed by atoms with Gasteiger partial charge in [0.1, 0.15) is 0 Å². The van der Waals surface area contributed by atoms with E-state index in [-0.39, 0.29) is 0 Å². The minimum Gasteiger partial charge on any atom is -0.316 e. The molecule has 1 heteroatoms. The first-order valence-electron chi connectivity index (χ1n) is 6.72. The van der Waals surface area contributed by atoms with Crippen molar-refractivity contribution < 1.29 is 0 Å². The second-order valence-electron chi connectivity index (χ2n) is 6.60. The van der Waals surface area contributed by atoms with Gasteiger partial charge in [-0.05, 0) is 62.3 Å². The van der Waals surface area contributed by atoms with Crippen LogP contribution in [0.25, 0.3) is 0 Å². The fourth-order valence-electron chi connectivity index (χ4n) is 3.94. The molecular weight excluding hydrogens is 182 g/mol. The van der Waals surface area contributed by atoms with Crippen LogP contribution >= 0.6 is 0 Å². The topological polar surface area (TPSA) is 12.0 Å². The molecule has 1 nitrogen and oxygen atoms in total. The Morgan fingerprint density at radius 3 is 2.00 bits per heavy atom. The normalized spacial score (nSPS) is 41.2. The number of nitrogens with one attached hydrogen (secondary N) is 1. The summed E-state index contributed by atoms with van der Waals surface area (Å²) in [5.41, 5.74) is 0.635. The zero-order chi connectivity index (χ0) is 11.1. The van der Waals surface area contributed by atoms with Crippen LogP contribution in [0.1, 0.15) is 52.9 Å². The molecule has 2 saturated carbocycles. The maximum atomic E-state index is 3.62. The van der Waals surface area contributed by atoms with Crippen LogP contribution in [0.5, 0.6) is 0 Å². The van der Waals surface area contributed by atoms with Crippen LogP contribution in [0, 0.1) is 23.2 Å². The van der Waals surface area contributed by atoms with Gasteiger partial charge in [-0.3, -0.25) is 0 Å². The second kappa shape index (κ2) is 4.08. The zero-order valence-electron chi connectivity index (χ0n) is 10.8. The third-order valence-corrected chi connectivity index (χ3v) is 4.79. The van der Waals surface area contributed by atoms with E-state index in [1.54, 1.807) is 0 Å². The van der Waals surface area contributed by atoms with Gasteiger partial charge in [0, 0.05) is 6.04 Å². The van der Waals surface area contributed by atoms with Crippen molar-refractivity contribution >= 4 is 0 Å². The SMILES string of the molecule is CNC(C1CC(C)CC(C)C1)C1(C)CC1. The van der Waals surface area contributed by atoms with Gasteiger partial charge in [-0.25, -0.2) is 0 Å². The molecule has 15 heavy (non-hydrogen) atoms. The van der Waals surface area contributed by atoms with Crippen molar-refractivity contribution in [2.75, 3.05) is 7.05 Å². The first-order valence-corrected chi connectivity index (χ1v) is 6.72. The quantitative estimate of drug-likeness (QED) is 0.750. The van der Waals surface area contributed by atoms with E-state index in [0.29, 0.717) is 5.41 Å². The fourth-order valence-corrected chi connectivity index (χ4v) is 3.94. The lowest BCUT2D eigenvalue weighted by atomic mass is 9.70. The Morgan fingerprint density at radius 1 is 1.07 bits per heavy atom. The highest BCUT2D eigenvalue weighted by Crippen LogP contribution is 2.52. The Labute approximate surface area is 95.0 Å². The molecule has 0 aromatic carbocycles. The van der Waals surface area contributed by atoms with Crippen LogP contribution in [-0.4, -0.2) is 13.1 Å². The molecule has 2 rings (SSSR count). The van der Waals surface area contributed by atoms with Crippen LogP contribution in [0.3, 0.4) is 0 Å². The van der Waals surface area contributed by atoms with E-state index >= 15 is 0 Å². The van der Waals surface area contributed by atoms with Crippen molar-refractivity contribution in [3.05, 3.63) is 0 Å². The van der Waals surface area contributed by atoms with Crippen LogP contribution < -0.4 is 5.32 Å². The van der Waals surface area contributed by atoms with Gasteiger partial charge in [0.25, 0.3) is 0 Å². The molecule has 2 fully saturated rings. The molecule has 0 saturated heterocycles. The van der Waals surface area contributed by atoms with E-state index in [1.165, 1.54) is 32.1 Å². The standard InChI is InChI=1S/C14H27N/c1-10-7-11(2)9-12(8-10)13(15-4)14(3)5-6-14/h10-13,15H,5-9H2,1-4H3. The zero-order valence-corrected chi connectivity index (χ0v) is 10.8. The lowest BCUT2D eigenvalue weighted by Crippen LogP contribution is -2.43. The van der Waals surface area contributed by atoms with Gasteiger partial charge >= 0.3 is 0 Å². The molecule has 0 aromatic heterocycles. The number of rotatable bonds is 3. The molecule has 1 N–H and O–H groups in total. The predicted octanol–water partition coefficient (Wildman–Crippen LogP) is 3.45. The number of hydrogen-bond acceptors (Lipinski definition) is 1. The molecule has 0 heterocycles. The summed E-state index contributed by atoms with van der Waals surface area (Å²) in [5.74, 6) is 2.81. The minimum absolute atomic E-state index is 0.635. The maximum absolute atomic E-state index is 3.62. The summed E-state index contributed by atoms with van der Waals surface area (Å²) in [6.45, 7) is 7.34. The Hall–Kier alpha value is -0.0400. The Kier molecular flexibility index (Phi) is 3.12. The van der Waals surface area contributed by atoms with Crippen molar-refractivity contribution in [1.29, 1.82) is 0 Å². The van der Waals surface area contributed by atoms with Crippen LogP contribution in [0.15, 0.2) is 0 Å². The predicted molar refractivity (Wildman–Crippen MR) is 65.9 cm³/mol. The molecule has 3 atom stereocenters. The third kappa shape index (κ3) is 2.38. The van der Waals surface area contributed by atoms with E-state index in [0.717, 1.165) is 23.8 Å². The van der Waals surface area contributed by atoms with Gasteiger partial charge in [0.15, 0.2) is 0 Å². The van der Waals surface area contributed by atoms with E-state index in [4.69, 9.17) is 0 Å². The van der Waals surface area contributed by atoms with Gasteiger partial charge in [0.2, 0.25) is 0 Å². The monoisotopic (exact) mass is 209 g/mol. The molecule has 88 valence electrons. The van der Waals surface area contributed by atoms with Crippen molar-refractivity contribution in [3.63, 3.8) is 0 Å². The van der Waals surface area contributed by atoms with E-state index < -0.39 is 0 Å². The largest absolute Gasteiger partial charge is 0.316 e. The van der Waals surface area contributed by atoms with E-state index in [2.05, 4.69) is 33.1 Å². The molecule has 0 aliphatic heterocycles. The van der Waals surface area contributed by atoms with Crippen molar-refractivity contribution in [2.24, 2.45) is 23.2 Å². The lowest BCUT2D eigenvalue weighted by Gasteiger charge is -2.39. The maximum Gasteiger partial charge on any atom is 0.0146 e. The third-order valence-electron chi connectivity index (χ3n) is 4.79. The average Bonchev–Trinajstić information content (AvgIpc) is 2.83. The Morgan fingerprint density at radius 2 is 1.60 bits per heavy atom. The van der Waals surface area contributed by atoms with E-state index in [9.17, 15) is 0 Å². The summed E-state index contributed by atoms with van der Waals surface area (Å²) < 4.78 is 0. The van der Waals surface area contributed by atoms with Gasteiger partial charge < -0.3 is 5.32 Å². The molecule has 0 bridgehead atoms.